The van der Waals surface area contributed by atoms with Gasteiger partial charge in [0.25, 0.3) is 0 Å². The predicted octanol–water partition coefficient (Wildman–Crippen LogP) is 6.43. The van der Waals surface area contributed by atoms with Gasteiger partial charge in [0.05, 0.1) is 19.2 Å². The van der Waals surface area contributed by atoms with Gasteiger partial charge in [-0.15, -0.1) is 0 Å². The predicted molar refractivity (Wildman–Crippen MR) is 146 cm³/mol. The molecular formula is C26H36INO5Si. The number of aryl methyl sites for hydroxylation is 1. The van der Waals surface area contributed by atoms with Gasteiger partial charge in [-0.05, 0) is 89.5 Å². The third-order valence-corrected chi connectivity index (χ3v) is 11.8. The fourth-order valence-electron chi connectivity index (χ4n) is 3.69. The molecule has 2 aromatic carbocycles. The average Bonchev–Trinajstić information content (AvgIpc) is 2.76. The van der Waals surface area contributed by atoms with E-state index in [2.05, 4.69) is 62.5 Å². The van der Waals surface area contributed by atoms with Gasteiger partial charge in [-0.25, -0.2) is 4.79 Å². The molecule has 1 aliphatic rings. The minimum Gasteiger partial charge on any atom is -0.491 e. The smallest absolute Gasteiger partial charge is 0.407 e. The maximum atomic E-state index is 12.2. The lowest BCUT2D eigenvalue weighted by Crippen LogP contribution is -2.51. The van der Waals surface area contributed by atoms with Crippen LogP contribution in [0.1, 0.15) is 32.8 Å². The third-order valence-electron chi connectivity index (χ3n) is 6.62. The Kier molecular flexibility index (Phi) is 8.91. The van der Waals surface area contributed by atoms with Crippen molar-refractivity contribution in [2.24, 2.45) is 0 Å². The van der Waals surface area contributed by atoms with E-state index < -0.39 is 14.4 Å². The average molecular weight is 598 g/mol. The monoisotopic (exact) mass is 597 g/mol. The number of carboxylic acid groups (broad SMARTS) is 1. The molecule has 0 bridgehead atoms. The van der Waals surface area contributed by atoms with Gasteiger partial charge in [-0.2, -0.15) is 0 Å². The third kappa shape index (κ3) is 7.36. The molecule has 6 nitrogen and oxygen atoms in total. The Morgan fingerprint density at radius 3 is 2.59 bits per heavy atom. The molecule has 1 unspecified atom stereocenters. The van der Waals surface area contributed by atoms with Crippen LogP contribution in [0.25, 0.3) is 0 Å². The molecule has 186 valence electrons. The minimum atomic E-state index is -2.14. The van der Waals surface area contributed by atoms with E-state index in [0.29, 0.717) is 6.54 Å². The Labute approximate surface area is 217 Å². The van der Waals surface area contributed by atoms with Crippen molar-refractivity contribution in [3.05, 3.63) is 57.7 Å². The van der Waals surface area contributed by atoms with Crippen LogP contribution in [0.5, 0.6) is 11.5 Å². The highest BCUT2D eigenvalue weighted by molar-refractivity contribution is 14.1. The van der Waals surface area contributed by atoms with Crippen LogP contribution in [0, 0.1) is 3.57 Å². The molecule has 0 saturated carbocycles. The first-order valence-electron chi connectivity index (χ1n) is 11.7. The highest BCUT2D eigenvalue weighted by atomic mass is 127. The molecule has 8 heteroatoms. The second-order valence-corrected chi connectivity index (χ2v) is 16.3. The fourth-order valence-corrected chi connectivity index (χ4v) is 5.57. The first kappa shape index (κ1) is 26.8. The van der Waals surface area contributed by atoms with Crippen molar-refractivity contribution in [3.63, 3.8) is 0 Å². The highest BCUT2D eigenvalue weighted by Gasteiger charge is 2.40. The van der Waals surface area contributed by atoms with Crippen molar-refractivity contribution in [2.45, 2.75) is 64.0 Å². The van der Waals surface area contributed by atoms with Crippen LogP contribution in [0.15, 0.2) is 48.5 Å². The van der Waals surface area contributed by atoms with Gasteiger partial charge in [-0.1, -0.05) is 39.0 Å². The van der Waals surface area contributed by atoms with Crippen molar-refractivity contribution in [2.75, 3.05) is 19.7 Å². The molecule has 1 heterocycles. The van der Waals surface area contributed by atoms with E-state index in [1.165, 1.54) is 14.0 Å². The number of ether oxygens (including phenoxy) is 2. The van der Waals surface area contributed by atoms with Gasteiger partial charge in [0, 0.05) is 3.57 Å². The summed E-state index contributed by atoms with van der Waals surface area (Å²) in [6.07, 6.45) is 0.124. The number of para-hydroxylation sites is 1. The minimum absolute atomic E-state index is 0.000243. The molecule has 0 aromatic heterocycles. The molecule has 0 aliphatic carbocycles. The van der Waals surface area contributed by atoms with Crippen molar-refractivity contribution < 1.29 is 23.8 Å². The number of benzene rings is 2. The van der Waals surface area contributed by atoms with Crippen molar-refractivity contribution >= 4 is 37.0 Å². The Balaban J connectivity index is 1.71. The van der Waals surface area contributed by atoms with Gasteiger partial charge < -0.3 is 23.9 Å². The number of nitrogens with zero attached hydrogens (tertiary/aromatic N) is 1. The zero-order valence-electron chi connectivity index (χ0n) is 20.7. The molecule has 2 aromatic rings. The summed E-state index contributed by atoms with van der Waals surface area (Å²) in [5, 5.41) is 10.0. The van der Waals surface area contributed by atoms with Gasteiger partial charge in [0.1, 0.15) is 24.2 Å². The van der Waals surface area contributed by atoms with Crippen molar-refractivity contribution in [3.8, 4) is 11.5 Å². The van der Waals surface area contributed by atoms with E-state index in [-0.39, 0.29) is 30.4 Å². The topological polar surface area (TPSA) is 68.2 Å². The maximum Gasteiger partial charge on any atom is 0.407 e. The molecule has 0 spiro atoms. The van der Waals surface area contributed by atoms with Gasteiger partial charge >= 0.3 is 6.09 Å². The van der Waals surface area contributed by atoms with Gasteiger partial charge in [-0.3, -0.25) is 0 Å². The van der Waals surface area contributed by atoms with E-state index in [1.54, 1.807) is 0 Å². The number of fused-ring (bicyclic) bond motifs is 1. The second-order valence-electron chi connectivity index (χ2n) is 10.3. The lowest BCUT2D eigenvalue weighted by atomic mass is 10.0. The molecule has 2 atom stereocenters. The number of hydrogen-bond acceptors (Lipinski definition) is 4. The van der Waals surface area contributed by atoms with E-state index in [1.807, 2.05) is 42.5 Å². The SMILES string of the molecule is CC(C)(C)[Si](C)(C)OC(COc1ccccc1)CN(C[C@H]1CCc2cc(I)ccc2O1)C(=O)O. The Hall–Kier alpha value is -1.78. The van der Waals surface area contributed by atoms with Crippen LogP contribution in [0.2, 0.25) is 18.1 Å². The summed E-state index contributed by atoms with van der Waals surface area (Å²) in [6.45, 7) is 11.7. The quantitative estimate of drug-likeness (QED) is 0.267. The van der Waals surface area contributed by atoms with Crippen LogP contribution in [-0.2, 0) is 10.8 Å². The fraction of sp³-hybridized carbons (Fsp3) is 0.500. The zero-order chi connectivity index (χ0) is 24.9. The molecule has 3 rings (SSSR count). The summed E-state index contributed by atoms with van der Waals surface area (Å²) in [5.74, 6) is 1.60. The van der Waals surface area contributed by atoms with Gasteiger partial charge in [0.15, 0.2) is 8.32 Å². The Morgan fingerprint density at radius 1 is 1.24 bits per heavy atom. The van der Waals surface area contributed by atoms with Crippen molar-refractivity contribution in [1.82, 2.24) is 4.90 Å². The summed E-state index contributed by atoms with van der Waals surface area (Å²) < 4.78 is 20.0. The normalized spacial score (nSPS) is 16.8. The van der Waals surface area contributed by atoms with Crippen molar-refractivity contribution in [1.29, 1.82) is 0 Å². The summed E-state index contributed by atoms with van der Waals surface area (Å²) >= 11 is 2.30. The summed E-state index contributed by atoms with van der Waals surface area (Å²) in [4.78, 5) is 13.6. The molecule has 34 heavy (non-hydrogen) atoms. The van der Waals surface area contributed by atoms with Crippen LogP contribution < -0.4 is 9.47 Å². The summed E-state index contributed by atoms with van der Waals surface area (Å²) in [6, 6.07) is 15.7. The van der Waals surface area contributed by atoms with Gasteiger partial charge in [0.2, 0.25) is 0 Å². The highest BCUT2D eigenvalue weighted by Crippen LogP contribution is 2.37. The molecule has 0 fully saturated rings. The zero-order valence-corrected chi connectivity index (χ0v) is 23.9. The number of amides is 1. The van der Waals surface area contributed by atoms with Crippen LogP contribution in [-0.4, -0.2) is 56.3 Å². The number of hydrogen-bond donors (Lipinski definition) is 1. The molecule has 0 saturated heterocycles. The van der Waals surface area contributed by atoms with E-state index in [0.717, 1.165) is 24.3 Å². The first-order chi connectivity index (χ1) is 15.9. The largest absolute Gasteiger partial charge is 0.491 e. The van der Waals surface area contributed by atoms with Crippen LogP contribution >= 0.6 is 22.6 Å². The number of carbonyl (C=O) groups is 1. The Bertz CT molecular complexity index is 963. The maximum absolute atomic E-state index is 12.2. The summed E-state index contributed by atoms with van der Waals surface area (Å²) in [7, 11) is -2.14. The number of halogens is 1. The second kappa shape index (κ2) is 11.3. The Morgan fingerprint density at radius 2 is 1.94 bits per heavy atom. The van der Waals surface area contributed by atoms with E-state index >= 15 is 0 Å². The lowest BCUT2D eigenvalue weighted by Gasteiger charge is -2.40. The van der Waals surface area contributed by atoms with Crippen LogP contribution in [0.3, 0.4) is 0 Å². The lowest BCUT2D eigenvalue weighted by molar-refractivity contribution is 0.0512. The van der Waals surface area contributed by atoms with E-state index in [4.69, 9.17) is 13.9 Å². The molecule has 1 amide bonds. The number of rotatable bonds is 9. The van der Waals surface area contributed by atoms with E-state index in [9.17, 15) is 9.90 Å². The molecule has 1 N–H and O–H groups in total. The first-order valence-corrected chi connectivity index (χ1v) is 15.7. The van der Waals surface area contributed by atoms with Crippen LogP contribution in [0.4, 0.5) is 4.79 Å². The standard InChI is InChI=1S/C26H36INO5Si/c1-26(2,3)34(4,5)33-23(18-31-21-9-7-6-8-10-21)17-28(25(29)30)16-22-13-11-19-15-20(27)12-14-24(19)32-22/h6-10,12,14-15,22-23H,11,13,16-18H2,1-5H3,(H,29,30)/t22-,23?/m1/s1. The molecule has 0 radical (unpaired) electrons. The molecule has 1 aliphatic heterocycles. The molecular weight excluding hydrogens is 561 g/mol. The summed E-state index contributed by atoms with van der Waals surface area (Å²) in [5.41, 5.74) is 1.18.